The lowest BCUT2D eigenvalue weighted by molar-refractivity contribution is 0.101. The van der Waals surface area contributed by atoms with E-state index in [4.69, 9.17) is 27.6 Å². The first-order chi connectivity index (χ1) is 13.8. The van der Waals surface area contributed by atoms with Gasteiger partial charge in [-0.3, -0.25) is 9.59 Å². The molecule has 29 heavy (non-hydrogen) atoms. The zero-order valence-corrected chi connectivity index (χ0v) is 17.0. The molecule has 3 rings (SSSR count). The lowest BCUT2D eigenvalue weighted by Crippen LogP contribution is -2.33. The van der Waals surface area contributed by atoms with Crippen molar-refractivity contribution in [3.8, 4) is 0 Å². The molecule has 1 N–H and O–H groups in total. The summed E-state index contributed by atoms with van der Waals surface area (Å²) in [6, 6.07) is 13.7. The standard InChI is InChI=1S/C21H16Cl2N2O4/c1-12-10-18(27)19(13(2)26)20(29-12)25(15-6-4-3-5-7-15)21(28)24-14-8-9-16(22)17(23)11-14/h3-11H,1-2H3,(H,24,28). The summed E-state index contributed by atoms with van der Waals surface area (Å²) in [5, 5.41) is 3.29. The van der Waals surface area contributed by atoms with Gasteiger partial charge in [0.05, 0.1) is 15.7 Å². The number of carbonyl (C=O) groups is 2. The van der Waals surface area contributed by atoms with Crippen molar-refractivity contribution in [3.05, 3.63) is 86.2 Å². The predicted molar refractivity (Wildman–Crippen MR) is 114 cm³/mol. The molecule has 0 atom stereocenters. The van der Waals surface area contributed by atoms with E-state index in [-0.39, 0.29) is 22.2 Å². The number of urea groups is 1. The number of para-hydroxylation sites is 1. The highest BCUT2D eigenvalue weighted by Crippen LogP contribution is 2.30. The highest BCUT2D eigenvalue weighted by Gasteiger charge is 2.27. The molecule has 2 aromatic carbocycles. The smallest absolute Gasteiger partial charge is 0.333 e. The summed E-state index contributed by atoms with van der Waals surface area (Å²) in [4.78, 5) is 38.9. The molecule has 0 fully saturated rings. The number of nitrogens with one attached hydrogen (secondary N) is 1. The van der Waals surface area contributed by atoms with Crippen molar-refractivity contribution < 1.29 is 14.0 Å². The van der Waals surface area contributed by atoms with Gasteiger partial charge >= 0.3 is 6.03 Å². The monoisotopic (exact) mass is 430 g/mol. The van der Waals surface area contributed by atoms with Crippen LogP contribution in [-0.4, -0.2) is 11.8 Å². The number of rotatable bonds is 4. The van der Waals surface area contributed by atoms with Crippen LogP contribution >= 0.6 is 23.2 Å². The number of nitrogens with zero attached hydrogens (tertiary/aromatic N) is 1. The molecule has 0 aliphatic rings. The van der Waals surface area contributed by atoms with Gasteiger partial charge in [0.25, 0.3) is 0 Å². The van der Waals surface area contributed by atoms with Gasteiger partial charge in [-0.25, -0.2) is 9.69 Å². The first-order valence-electron chi connectivity index (χ1n) is 8.55. The molecule has 8 heteroatoms. The van der Waals surface area contributed by atoms with Crippen LogP contribution < -0.4 is 15.6 Å². The third kappa shape index (κ3) is 4.50. The summed E-state index contributed by atoms with van der Waals surface area (Å²) in [5.41, 5.74) is 0.0364. The maximum Gasteiger partial charge on any atom is 0.333 e. The van der Waals surface area contributed by atoms with E-state index in [1.807, 2.05) is 0 Å². The predicted octanol–water partition coefficient (Wildman–Crippen LogP) is 5.83. The summed E-state index contributed by atoms with van der Waals surface area (Å²) in [6.07, 6.45) is 0. The molecule has 1 aromatic heterocycles. The number of hydrogen-bond donors (Lipinski definition) is 1. The summed E-state index contributed by atoms with van der Waals surface area (Å²) >= 11 is 11.9. The van der Waals surface area contributed by atoms with Gasteiger partial charge in [0.1, 0.15) is 11.3 Å². The van der Waals surface area contributed by atoms with Crippen LogP contribution in [0, 0.1) is 6.92 Å². The van der Waals surface area contributed by atoms with Crippen LogP contribution in [-0.2, 0) is 0 Å². The lowest BCUT2D eigenvalue weighted by atomic mass is 10.1. The molecule has 0 radical (unpaired) electrons. The second-order valence-corrected chi connectivity index (χ2v) is 7.00. The first-order valence-corrected chi connectivity index (χ1v) is 9.30. The summed E-state index contributed by atoms with van der Waals surface area (Å²) < 4.78 is 5.67. The van der Waals surface area contributed by atoms with Gasteiger partial charge < -0.3 is 9.73 Å². The van der Waals surface area contributed by atoms with E-state index < -0.39 is 17.2 Å². The number of benzene rings is 2. The quantitative estimate of drug-likeness (QED) is 0.528. The minimum absolute atomic E-state index is 0.161. The molecule has 0 saturated heterocycles. The molecule has 1 heterocycles. The molecule has 0 aliphatic carbocycles. The number of aryl methyl sites for hydroxylation is 1. The molecule has 2 amide bonds. The van der Waals surface area contributed by atoms with E-state index in [2.05, 4.69) is 5.32 Å². The van der Waals surface area contributed by atoms with Crippen LogP contribution in [0.25, 0.3) is 0 Å². The number of halogens is 2. The van der Waals surface area contributed by atoms with Crippen LogP contribution in [0.5, 0.6) is 0 Å². The maximum atomic E-state index is 13.2. The number of hydrogen-bond acceptors (Lipinski definition) is 4. The SMILES string of the molecule is CC(=O)c1c(N(C(=O)Nc2ccc(Cl)c(Cl)c2)c2ccccc2)oc(C)cc1=O. The van der Waals surface area contributed by atoms with E-state index >= 15 is 0 Å². The number of amides is 2. The molecule has 0 unspecified atom stereocenters. The Morgan fingerprint density at radius 1 is 1.00 bits per heavy atom. The Labute approximate surface area is 176 Å². The van der Waals surface area contributed by atoms with Crippen LogP contribution in [0.4, 0.5) is 22.1 Å². The fourth-order valence-electron chi connectivity index (χ4n) is 2.73. The van der Waals surface area contributed by atoms with Gasteiger partial charge in [-0.2, -0.15) is 0 Å². The molecule has 0 saturated carbocycles. The molecule has 148 valence electrons. The highest BCUT2D eigenvalue weighted by atomic mass is 35.5. The van der Waals surface area contributed by atoms with Crippen molar-refractivity contribution in [1.82, 2.24) is 0 Å². The molecular weight excluding hydrogens is 415 g/mol. The van der Waals surface area contributed by atoms with Crippen molar-refractivity contribution in [3.63, 3.8) is 0 Å². The molecule has 3 aromatic rings. The Morgan fingerprint density at radius 3 is 2.31 bits per heavy atom. The number of ketones is 1. The van der Waals surface area contributed by atoms with Crippen LogP contribution in [0.15, 0.2) is 63.8 Å². The third-order valence-corrected chi connectivity index (χ3v) is 4.73. The van der Waals surface area contributed by atoms with Crippen molar-refractivity contribution in [2.45, 2.75) is 13.8 Å². The minimum atomic E-state index is -0.647. The van der Waals surface area contributed by atoms with E-state index in [1.165, 1.54) is 19.1 Å². The summed E-state index contributed by atoms with van der Waals surface area (Å²) in [6.45, 7) is 2.81. The first kappa shape index (κ1) is 20.6. The third-order valence-electron chi connectivity index (χ3n) is 4.00. The van der Waals surface area contributed by atoms with Crippen molar-refractivity contribution in [2.24, 2.45) is 0 Å². The minimum Gasteiger partial charge on any atom is -0.444 e. The highest BCUT2D eigenvalue weighted by molar-refractivity contribution is 6.42. The van der Waals surface area contributed by atoms with Crippen LogP contribution in [0.2, 0.25) is 10.0 Å². The Balaban J connectivity index is 2.14. The Morgan fingerprint density at radius 2 is 1.69 bits per heavy atom. The summed E-state index contributed by atoms with van der Waals surface area (Å²) in [5.74, 6) is -0.415. The topological polar surface area (TPSA) is 79.6 Å². The molecule has 0 bridgehead atoms. The number of anilines is 3. The second-order valence-electron chi connectivity index (χ2n) is 6.19. The average molecular weight is 431 g/mol. The van der Waals surface area contributed by atoms with E-state index in [9.17, 15) is 14.4 Å². The number of carbonyl (C=O) groups excluding carboxylic acids is 2. The van der Waals surface area contributed by atoms with E-state index in [0.29, 0.717) is 16.4 Å². The van der Waals surface area contributed by atoms with Crippen LogP contribution in [0.3, 0.4) is 0 Å². The maximum absolute atomic E-state index is 13.2. The van der Waals surface area contributed by atoms with Gasteiger partial charge in [0, 0.05) is 11.8 Å². The Bertz CT molecular complexity index is 1140. The van der Waals surface area contributed by atoms with Gasteiger partial charge in [0.2, 0.25) is 5.88 Å². The molecule has 6 nitrogen and oxygen atoms in total. The zero-order chi connectivity index (χ0) is 21.1. The average Bonchev–Trinajstić information content (AvgIpc) is 2.65. The Kier molecular flexibility index (Phi) is 6.06. The summed E-state index contributed by atoms with van der Waals surface area (Å²) in [7, 11) is 0. The van der Waals surface area contributed by atoms with Crippen molar-refractivity contribution in [1.29, 1.82) is 0 Å². The van der Waals surface area contributed by atoms with Gasteiger partial charge in [0.15, 0.2) is 11.2 Å². The zero-order valence-electron chi connectivity index (χ0n) is 15.5. The van der Waals surface area contributed by atoms with Gasteiger partial charge in [-0.1, -0.05) is 41.4 Å². The van der Waals surface area contributed by atoms with Crippen molar-refractivity contribution >= 4 is 52.3 Å². The fourth-order valence-corrected chi connectivity index (χ4v) is 3.03. The molecule has 0 spiro atoms. The molecular formula is C21H16Cl2N2O4. The van der Waals surface area contributed by atoms with E-state index in [0.717, 1.165) is 4.90 Å². The van der Waals surface area contributed by atoms with Crippen LogP contribution in [0.1, 0.15) is 23.0 Å². The van der Waals surface area contributed by atoms with Gasteiger partial charge in [-0.05, 0) is 44.2 Å². The lowest BCUT2D eigenvalue weighted by Gasteiger charge is -2.23. The molecule has 0 aliphatic heterocycles. The Hall–Kier alpha value is -3.09. The van der Waals surface area contributed by atoms with E-state index in [1.54, 1.807) is 49.4 Å². The second kappa shape index (κ2) is 8.51. The van der Waals surface area contributed by atoms with Gasteiger partial charge in [-0.15, -0.1) is 0 Å². The normalized spacial score (nSPS) is 10.5. The fraction of sp³-hybridized carbons (Fsp3) is 0.0952. The largest absolute Gasteiger partial charge is 0.444 e. The van der Waals surface area contributed by atoms with Crippen molar-refractivity contribution in [2.75, 3.05) is 10.2 Å². The number of Topliss-reactive ketones (excluding diaryl/α,β-unsaturated/α-hetero) is 1.